The molecule has 3 rings (SSSR count). The summed E-state index contributed by atoms with van der Waals surface area (Å²) in [5, 5.41) is 0. The van der Waals surface area contributed by atoms with E-state index in [9.17, 15) is 4.79 Å². The van der Waals surface area contributed by atoms with Crippen molar-refractivity contribution in [1.82, 2.24) is 9.88 Å². The summed E-state index contributed by atoms with van der Waals surface area (Å²) in [4.78, 5) is 19.1. The first-order chi connectivity index (χ1) is 11.3. The Kier molecular flexibility index (Phi) is 5.62. The zero-order chi connectivity index (χ0) is 16.1. The van der Waals surface area contributed by atoms with Crippen molar-refractivity contribution in [2.45, 2.75) is 57.3 Å². The summed E-state index contributed by atoms with van der Waals surface area (Å²) < 4.78 is 11.5. The van der Waals surface area contributed by atoms with E-state index < -0.39 is 6.10 Å². The molecule has 0 N–H and O–H groups in total. The number of rotatable bonds is 5. The Bertz CT molecular complexity index is 502. The third-order valence-electron chi connectivity index (χ3n) is 4.72. The maximum absolute atomic E-state index is 12.7. The molecule has 2 fully saturated rings. The summed E-state index contributed by atoms with van der Waals surface area (Å²) >= 11 is 0. The molecule has 1 amide bonds. The number of hydrogen-bond acceptors (Lipinski definition) is 4. The smallest absolute Gasteiger partial charge is 0.251 e. The van der Waals surface area contributed by atoms with Crippen LogP contribution in [0.5, 0.6) is 0 Å². The summed E-state index contributed by atoms with van der Waals surface area (Å²) in [5.74, 6) is 0.0639. The van der Waals surface area contributed by atoms with Crippen LogP contribution in [0.25, 0.3) is 0 Å². The minimum atomic E-state index is -0.426. The molecule has 126 valence electrons. The van der Waals surface area contributed by atoms with Crippen molar-refractivity contribution in [3.63, 3.8) is 0 Å². The molecule has 0 unspecified atom stereocenters. The number of nitrogens with zero attached hydrogens (tertiary/aromatic N) is 2. The quantitative estimate of drug-likeness (QED) is 0.837. The van der Waals surface area contributed by atoms with Gasteiger partial charge in [-0.1, -0.05) is 6.07 Å². The lowest BCUT2D eigenvalue weighted by Gasteiger charge is -2.28. The molecular formula is C18H26N2O3. The van der Waals surface area contributed by atoms with Crippen molar-refractivity contribution in [3.05, 3.63) is 30.1 Å². The van der Waals surface area contributed by atoms with Gasteiger partial charge < -0.3 is 14.4 Å². The van der Waals surface area contributed by atoms with Gasteiger partial charge in [0.1, 0.15) is 6.10 Å². The van der Waals surface area contributed by atoms with Gasteiger partial charge in [0.25, 0.3) is 5.91 Å². The lowest BCUT2D eigenvalue weighted by molar-refractivity contribution is -0.147. The highest BCUT2D eigenvalue weighted by Crippen LogP contribution is 2.31. The maximum atomic E-state index is 12.7. The van der Waals surface area contributed by atoms with E-state index in [1.807, 2.05) is 30.0 Å². The van der Waals surface area contributed by atoms with Crippen LogP contribution in [-0.4, -0.2) is 47.8 Å². The average Bonchev–Trinajstić information content (AvgIpc) is 3.10. The standard InChI is InChI=1S/C18H26N2O3/c1-14(23-13-15-7-3-5-12-22-15)18(21)20-11-6-9-17(20)16-8-2-4-10-19-16/h2,4,8,10,14-15,17H,3,5-7,9,11-13H2,1H3/t14-,15-,17-/m0/s1. The molecule has 2 aliphatic rings. The first-order valence-corrected chi connectivity index (χ1v) is 8.70. The molecule has 0 saturated carbocycles. The van der Waals surface area contributed by atoms with Crippen LogP contribution < -0.4 is 0 Å². The lowest BCUT2D eigenvalue weighted by atomic mass is 10.1. The van der Waals surface area contributed by atoms with E-state index in [2.05, 4.69) is 4.98 Å². The Morgan fingerprint density at radius 2 is 2.30 bits per heavy atom. The number of carbonyl (C=O) groups is 1. The Hall–Kier alpha value is -1.46. The van der Waals surface area contributed by atoms with Crippen LogP contribution in [0, 0.1) is 0 Å². The van der Waals surface area contributed by atoms with Crippen molar-refractivity contribution in [2.75, 3.05) is 19.8 Å². The second-order valence-corrected chi connectivity index (χ2v) is 6.41. The van der Waals surface area contributed by atoms with Crippen LogP contribution in [0.4, 0.5) is 0 Å². The minimum absolute atomic E-state index is 0.0639. The van der Waals surface area contributed by atoms with E-state index in [0.717, 1.165) is 44.5 Å². The number of carbonyl (C=O) groups excluding carboxylic acids is 1. The summed E-state index contributed by atoms with van der Waals surface area (Å²) in [6, 6.07) is 5.96. The summed E-state index contributed by atoms with van der Waals surface area (Å²) in [5.41, 5.74) is 0.973. The van der Waals surface area contributed by atoms with Gasteiger partial charge in [-0.3, -0.25) is 9.78 Å². The normalized spacial score (nSPS) is 26.2. The first-order valence-electron chi connectivity index (χ1n) is 8.70. The molecule has 2 aliphatic heterocycles. The van der Waals surface area contributed by atoms with Gasteiger partial charge in [-0.25, -0.2) is 0 Å². The highest BCUT2D eigenvalue weighted by Gasteiger charge is 2.33. The highest BCUT2D eigenvalue weighted by atomic mass is 16.5. The third kappa shape index (κ3) is 4.09. The Labute approximate surface area is 138 Å². The number of hydrogen-bond donors (Lipinski definition) is 0. The van der Waals surface area contributed by atoms with Crippen LogP contribution in [-0.2, 0) is 14.3 Å². The van der Waals surface area contributed by atoms with Gasteiger partial charge in [0.15, 0.2) is 0 Å². The zero-order valence-electron chi connectivity index (χ0n) is 13.8. The van der Waals surface area contributed by atoms with Crippen LogP contribution in [0.1, 0.15) is 50.8 Å². The van der Waals surface area contributed by atoms with E-state index in [4.69, 9.17) is 9.47 Å². The molecule has 0 aliphatic carbocycles. The van der Waals surface area contributed by atoms with Crippen LogP contribution in [0.3, 0.4) is 0 Å². The highest BCUT2D eigenvalue weighted by molar-refractivity contribution is 5.81. The van der Waals surface area contributed by atoms with Crippen LogP contribution in [0.15, 0.2) is 24.4 Å². The molecule has 3 atom stereocenters. The molecule has 0 bridgehead atoms. The monoisotopic (exact) mass is 318 g/mol. The second-order valence-electron chi connectivity index (χ2n) is 6.41. The van der Waals surface area contributed by atoms with Gasteiger partial charge in [-0.05, 0) is 51.2 Å². The number of aromatic nitrogens is 1. The number of ether oxygens (including phenoxy) is 2. The minimum Gasteiger partial charge on any atom is -0.376 e. The Balaban J connectivity index is 1.55. The molecule has 5 heteroatoms. The van der Waals surface area contributed by atoms with Gasteiger partial charge in [-0.2, -0.15) is 0 Å². The Morgan fingerprint density at radius 1 is 1.39 bits per heavy atom. The molecule has 0 spiro atoms. The summed E-state index contributed by atoms with van der Waals surface area (Å²) in [7, 11) is 0. The summed E-state index contributed by atoms with van der Waals surface area (Å²) in [6.07, 6.45) is 6.84. The molecule has 3 heterocycles. The fraction of sp³-hybridized carbons (Fsp3) is 0.667. The van der Waals surface area contributed by atoms with Crippen molar-refractivity contribution in [2.24, 2.45) is 0 Å². The van der Waals surface area contributed by atoms with Crippen molar-refractivity contribution < 1.29 is 14.3 Å². The van der Waals surface area contributed by atoms with Crippen molar-refractivity contribution >= 4 is 5.91 Å². The number of pyridine rings is 1. The van der Waals surface area contributed by atoms with Crippen LogP contribution in [0.2, 0.25) is 0 Å². The van der Waals surface area contributed by atoms with Gasteiger partial charge in [0, 0.05) is 19.3 Å². The molecule has 2 saturated heterocycles. The van der Waals surface area contributed by atoms with Crippen molar-refractivity contribution in [1.29, 1.82) is 0 Å². The molecule has 0 aromatic carbocycles. The van der Waals surface area contributed by atoms with E-state index in [0.29, 0.717) is 6.61 Å². The molecule has 0 radical (unpaired) electrons. The largest absolute Gasteiger partial charge is 0.376 e. The fourth-order valence-corrected chi connectivity index (χ4v) is 3.41. The van der Waals surface area contributed by atoms with Gasteiger partial charge >= 0.3 is 0 Å². The number of amides is 1. The summed E-state index contributed by atoms with van der Waals surface area (Å²) in [6.45, 7) is 3.95. The molecule has 5 nitrogen and oxygen atoms in total. The van der Waals surface area contributed by atoms with Gasteiger partial charge in [0.2, 0.25) is 0 Å². The molecule has 1 aromatic heterocycles. The molecular weight excluding hydrogens is 292 g/mol. The molecule has 23 heavy (non-hydrogen) atoms. The van der Waals surface area contributed by atoms with Gasteiger partial charge in [-0.15, -0.1) is 0 Å². The molecule has 1 aromatic rings. The zero-order valence-corrected chi connectivity index (χ0v) is 13.8. The van der Waals surface area contributed by atoms with Crippen molar-refractivity contribution in [3.8, 4) is 0 Å². The predicted octanol–water partition coefficient (Wildman–Crippen LogP) is 2.72. The SMILES string of the molecule is C[C@H](OC[C@@H]1CCCCO1)C(=O)N1CCC[C@H]1c1ccccn1. The Morgan fingerprint density at radius 3 is 3.04 bits per heavy atom. The topological polar surface area (TPSA) is 51.7 Å². The van der Waals surface area contributed by atoms with E-state index in [1.165, 1.54) is 6.42 Å². The number of likely N-dealkylation sites (tertiary alicyclic amines) is 1. The van der Waals surface area contributed by atoms with E-state index >= 15 is 0 Å². The maximum Gasteiger partial charge on any atom is 0.251 e. The van der Waals surface area contributed by atoms with Crippen LogP contribution >= 0.6 is 0 Å². The van der Waals surface area contributed by atoms with E-state index in [1.54, 1.807) is 6.20 Å². The second kappa shape index (κ2) is 7.88. The van der Waals surface area contributed by atoms with Gasteiger partial charge in [0.05, 0.1) is 24.4 Å². The predicted molar refractivity (Wildman–Crippen MR) is 86.9 cm³/mol. The first kappa shape index (κ1) is 16.4. The average molecular weight is 318 g/mol. The third-order valence-corrected chi connectivity index (χ3v) is 4.72. The lowest BCUT2D eigenvalue weighted by Crippen LogP contribution is -2.40. The van der Waals surface area contributed by atoms with E-state index in [-0.39, 0.29) is 18.1 Å². The fourth-order valence-electron chi connectivity index (χ4n) is 3.41.